The van der Waals surface area contributed by atoms with Crippen LogP contribution in [0.3, 0.4) is 0 Å². The molecule has 0 aliphatic rings. The van der Waals surface area contributed by atoms with E-state index >= 15 is 0 Å². The van der Waals surface area contributed by atoms with Crippen LogP contribution in [0, 0.1) is 6.92 Å². The number of aromatic nitrogens is 1. The molecular formula is C14H16N4O2. The second kappa shape index (κ2) is 5.48. The Morgan fingerprint density at radius 2 is 2.10 bits per heavy atom. The number of carbonyl (C=O) groups is 1. The number of primary amides is 1. The van der Waals surface area contributed by atoms with Gasteiger partial charge < -0.3 is 21.9 Å². The maximum absolute atomic E-state index is 11.3. The van der Waals surface area contributed by atoms with Gasteiger partial charge in [-0.25, -0.2) is 4.98 Å². The van der Waals surface area contributed by atoms with Gasteiger partial charge in [-0.2, -0.15) is 0 Å². The minimum Gasteiger partial charge on any atom is -0.508 e. The number of hydrogen-bond acceptors (Lipinski definition) is 5. The summed E-state index contributed by atoms with van der Waals surface area (Å²) in [5.74, 6) is -0.0453. The van der Waals surface area contributed by atoms with Crippen LogP contribution in [0.25, 0.3) is 0 Å². The number of amides is 1. The summed E-state index contributed by atoms with van der Waals surface area (Å²) in [6.07, 6.45) is 0. The van der Waals surface area contributed by atoms with Crippen molar-refractivity contribution in [3.63, 3.8) is 0 Å². The highest BCUT2D eigenvalue weighted by Crippen LogP contribution is 2.21. The van der Waals surface area contributed by atoms with E-state index in [1.807, 2.05) is 6.92 Å². The largest absolute Gasteiger partial charge is 0.508 e. The molecule has 2 rings (SSSR count). The van der Waals surface area contributed by atoms with E-state index in [4.69, 9.17) is 11.5 Å². The lowest BCUT2D eigenvalue weighted by molar-refractivity contribution is 0.100. The molecule has 0 radical (unpaired) electrons. The van der Waals surface area contributed by atoms with Gasteiger partial charge in [-0.1, -0.05) is 0 Å². The number of nitrogens with zero attached hydrogens (tertiary/aromatic N) is 1. The molecule has 0 bridgehead atoms. The molecule has 0 aliphatic heterocycles. The quantitative estimate of drug-likeness (QED) is 0.496. The fraction of sp³-hybridized carbons (Fsp3) is 0.143. The first-order valence-corrected chi connectivity index (χ1v) is 6.06. The monoisotopic (exact) mass is 272 g/mol. The first kappa shape index (κ1) is 13.7. The number of phenols is 1. The molecule has 2 aromatic rings. The molecule has 1 aromatic carbocycles. The van der Waals surface area contributed by atoms with Gasteiger partial charge in [0.05, 0.1) is 5.56 Å². The van der Waals surface area contributed by atoms with Crippen LogP contribution >= 0.6 is 0 Å². The van der Waals surface area contributed by atoms with E-state index in [0.29, 0.717) is 22.6 Å². The molecule has 0 saturated carbocycles. The van der Waals surface area contributed by atoms with Crippen LogP contribution in [0.15, 0.2) is 30.3 Å². The number of rotatable bonds is 4. The average molecular weight is 272 g/mol. The molecule has 104 valence electrons. The van der Waals surface area contributed by atoms with Gasteiger partial charge >= 0.3 is 0 Å². The van der Waals surface area contributed by atoms with E-state index in [9.17, 15) is 9.90 Å². The number of anilines is 2. The number of benzene rings is 1. The van der Waals surface area contributed by atoms with Crippen molar-refractivity contribution in [1.29, 1.82) is 0 Å². The molecule has 6 heteroatoms. The summed E-state index contributed by atoms with van der Waals surface area (Å²) < 4.78 is 0. The number of aromatic hydroxyl groups is 1. The lowest BCUT2D eigenvalue weighted by Gasteiger charge is -2.11. The number of nitrogen functional groups attached to an aromatic ring is 1. The zero-order valence-electron chi connectivity index (χ0n) is 11.1. The molecule has 0 aliphatic carbocycles. The molecule has 1 amide bonds. The first-order chi connectivity index (χ1) is 9.47. The van der Waals surface area contributed by atoms with Gasteiger partial charge in [0.1, 0.15) is 11.6 Å². The summed E-state index contributed by atoms with van der Waals surface area (Å²) in [6.45, 7) is 2.10. The van der Waals surface area contributed by atoms with Gasteiger partial charge in [-0.15, -0.1) is 0 Å². The fourth-order valence-electron chi connectivity index (χ4n) is 1.82. The van der Waals surface area contributed by atoms with Crippen LogP contribution in [0.2, 0.25) is 0 Å². The molecule has 6 nitrogen and oxygen atoms in total. The second-order valence-corrected chi connectivity index (χ2v) is 4.45. The summed E-state index contributed by atoms with van der Waals surface area (Å²) in [6, 6.07) is 8.11. The highest BCUT2D eigenvalue weighted by Gasteiger charge is 2.10. The summed E-state index contributed by atoms with van der Waals surface area (Å²) in [7, 11) is 0. The Morgan fingerprint density at radius 3 is 2.80 bits per heavy atom. The normalized spacial score (nSPS) is 10.2. The highest BCUT2D eigenvalue weighted by molar-refractivity contribution is 5.97. The Balaban J connectivity index is 2.24. The zero-order valence-corrected chi connectivity index (χ0v) is 11.1. The Kier molecular flexibility index (Phi) is 3.74. The standard InChI is InChI=1S/C14H16N4O2/c1-8-2-4-11(13(16)20)14(18-8)17-7-9-6-10(15)3-5-12(9)19/h2-6,19H,7,15H2,1H3,(H2,16,20)(H,17,18). The van der Waals surface area contributed by atoms with Crippen molar-refractivity contribution in [3.8, 4) is 5.75 Å². The molecule has 0 saturated heterocycles. The summed E-state index contributed by atoms with van der Waals surface area (Å²) in [4.78, 5) is 15.6. The molecule has 0 atom stereocenters. The first-order valence-electron chi connectivity index (χ1n) is 6.06. The number of pyridine rings is 1. The smallest absolute Gasteiger partial charge is 0.252 e. The molecule has 1 aromatic heterocycles. The second-order valence-electron chi connectivity index (χ2n) is 4.45. The maximum Gasteiger partial charge on any atom is 0.252 e. The van der Waals surface area contributed by atoms with E-state index < -0.39 is 5.91 Å². The van der Waals surface area contributed by atoms with Gasteiger partial charge in [0.25, 0.3) is 5.91 Å². The van der Waals surface area contributed by atoms with Crippen LogP contribution in [-0.4, -0.2) is 16.0 Å². The SMILES string of the molecule is Cc1ccc(C(N)=O)c(NCc2cc(N)ccc2O)n1. The fourth-order valence-corrected chi connectivity index (χ4v) is 1.82. The van der Waals surface area contributed by atoms with Crippen molar-refractivity contribution in [2.24, 2.45) is 5.73 Å². The number of carbonyl (C=O) groups excluding carboxylic acids is 1. The van der Waals surface area contributed by atoms with E-state index in [1.165, 1.54) is 6.07 Å². The van der Waals surface area contributed by atoms with E-state index in [0.717, 1.165) is 5.69 Å². The maximum atomic E-state index is 11.3. The average Bonchev–Trinajstić information content (AvgIpc) is 2.39. The summed E-state index contributed by atoms with van der Waals surface area (Å²) in [5.41, 5.74) is 13.2. The number of nitrogens with one attached hydrogen (secondary N) is 1. The molecular weight excluding hydrogens is 256 g/mol. The topological polar surface area (TPSA) is 114 Å². The van der Waals surface area contributed by atoms with Crippen molar-refractivity contribution in [2.45, 2.75) is 13.5 Å². The minimum absolute atomic E-state index is 0.125. The highest BCUT2D eigenvalue weighted by atomic mass is 16.3. The lowest BCUT2D eigenvalue weighted by atomic mass is 10.1. The third-order valence-electron chi connectivity index (χ3n) is 2.85. The molecule has 0 fully saturated rings. The van der Waals surface area contributed by atoms with Crippen molar-refractivity contribution < 1.29 is 9.90 Å². The molecule has 6 N–H and O–H groups in total. The van der Waals surface area contributed by atoms with E-state index in [1.54, 1.807) is 24.3 Å². The van der Waals surface area contributed by atoms with Gasteiger partial charge in [0, 0.05) is 23.5 Å². The minimum atomic E-state index is -0.559. The van der Waals surface area contributed by atoms with Crippen molar-refractivity contribution in [3.05, 3.63) is 47.2 Å². The Morgan fingerprint density at radius 1 is 1.35 bits per heavy atom. The molecule has 1 heterocycles. The molecule has 20 heavy (non-hydrogen) atoms. The van der Waals surface area contributed by atoms with Crippen LogP contribution in [0.4, 0.5) is 11.5 Å². The predicted octanol–water partition coefficient (Wildman–Crippen LogP) is 1.39. The summed E-state index contributed by atoms with van der Waals surface area (Å²) in [5, 5.41) is 12.7. The van der Waals surface area contributed by atoms with Crippen LogP contribution in [0.1, 0.15) is 21.6 Å². The number of aryl methyl sites for hydroxylation is 1. The zero-order chi connectivity index (χ0) is 14.7. The van der Waals surface area contributed by atoms with Gasteiger partial charge in [-0.05, 0) is 37.3 Å². The Bertz CT molecular complexity index is 656. The van der Waals surface area contributed by atoms with Crippen LogP contribution in [-0.2, 0) is 6.54 Å². The van der Waals surface area contributed by atoms with Crippen molar-refractivity contribution in [2.75, 3.05) is 11.1 Å². The Hall–Kier alpha value is -2.76. The Labute approximate surface area is 116 Å². The van der Waals surface area contributed by atoms with Crippen LogP contribution < -0.4 is 16.8 Å². The van der Waals surface area contributed by atoms with Crippen molar-refractivity contribution in [1.82, 2.24) is 4.98 Å². The van der Waals surface area contributed by atoms with Crippen molar-refractivity contribution >= 4 is 17.4 Å². The lowest BCUT2D eigenvalue weighted by Crippen LogP contribution is -2.16. The number of nitrogens with two attached hydrogens (primary N) is 2. The number of hydrogen-bond donors (Lipinski definition) is 4. The third-order valence-corrected chi connectivity index (χ3v) is 2.85. The summed E-state index contributed by atoms with van der Waals surface area (Å²) >= 11 is 0. The predicted molar refractivity (Wildman–Crippen MR) is 77.3 cm³/mol. The van der Waals surface area contributed by atoms with Gasteiger partial charge in [0.2, 0.25) is 0 Å². The number of phenolic OH excluding ortho intramolecular Hbond substituents is 1. The van der Waals surface area contributed by atoms with Gasteiger partial charge in [0.15, 0.2) is 0 Å². The molecule has 0 unspecified atom stereocenters. The van der Waals surface area contributed by atoms with E-state index in [-0.39, 0.29) is 12.3 Å². The van der Waals surface area contributed by atoms with Crippen LogP contribution in [0.5, 0.6) is 5.75 Å². The third kappa shape index (κ3) is 2.97. The molecule has 0 spiro atoms. The van der Waals surface area contributed by atoms with E-state index in [2.05, 4.69) is 10.3 Å². The van der Waals surface area contributed by atoms with Gasteiger partial charge in [-0.3, -0.25) is 4.79 Å².